The Kier molecular flexibility index (Phi) is 35.0. The normalized spacial score (nSPS) is 20.8. The molecule has 69 heavy (non-hydrogen) atoms. The fourth-order valence-corrected chi connectivity index (χ4v) is 7.32. The monoisotopic (exact) mass is 979 g/mol. The molecule has 0 radical (unpaired) electrons. The predicted octanol–water partition coefficient (Wildman–Crippen LogP) is -0.863. The zero-order valence-electron chi connectivity index (χ0n) is 41.7. The van der Waals surface area contributed by atoms with Crippen LogP contribution < -0.4 is 70.4 Å². The van der Waals surface area contributed by atoms with Gasteiger partial charge in [0.15, 0.2) is 0 Å². The van der Waals surface area contributed by atoms with Gasteiger partial charge in [0.2, 0.25) is 53.2 Å². The second-order valence-electron chi connectivity index (χ2n) is 17.9. The number of unbranched alkanes of at least 4 members (excludes halogenated alkanes) is 9. The molecule has 0 unspecified atom stereocenters. The van der Waals surface area contributed by atoms with Crippen LogP contribution >= 0.6 is 0 Å². The maximum absolute atomic E-state index is 13.8. The van der Waals surface area contributed by atoms with Crippen LogP contribution in [0.2, 0.25) is 0 Å². The van der Waals surface area contributed by atoms with Gasteiger partial charge in [0.05, 0.1) is 0 Å². The smallest absolute Gasteiger partial charge is 0.243 e. The highest BCUT2D eigenvalue weighted by Crippen LogP contribution is 2.09. The minimum absolute atomic E-state index is 0.0891. The van der Waals surface area contributed by atoms with Crippen molar-refractivity contribution in [2.75, 3.05) is 45.8 Å². The van der Waals surface area contributed by atoms with Crippen LogP contribution in [-0.2, 0) is 43.2 Å². The summed E-state index contributed by atoms with van der Waals surface area (Å²) < 4.78 is 0. The third-order valence-electron chi connectivity index (χ3n) is 11.6. The highest BCUT2D eigenvalue weighted by molar-refractivity contribution is 5.98. The van der Waals surface area contributed by atoms with Crippen LogP contribution in [0.5, 0.6) is 0 Å². The van der Waals surface area contributed by atoms with Crippen molar-refractivity contribution in [3.63, 3.8) is 0 Å². The Morgan fingerprint density at radius 2 is 0.725 bits per heavy atom. The van der Waals surface area contributed by atoms with Crippen LogP contribution in [0.15, 0.2) is 0 Å². The van der Waals surface area contributed by atoms with Crippen molar-refractivity contribution in [1.29, 1.82) is 0 Å². The summed E-state index contributed by atoms with van der Waals surface area (Å²) in [7, 11) is 0. The maximum Gasteiger partial charge on any atom is 0.243 e. The number of nitrogens with two attached hydrogens (primary N) is 3. The van der Waals surface area contributed by atoms with Gasteiger partial charge in [-0.15, -0.1) is 6.54 Å². The van der Waals surface area contributed by atoms with Crippen LogP contribution in [0.25, 0.3) is 0 Å². The molecule has 396 valence electrons. The van der Waals surface area contributed by atoms with E-state index in [1.165, 1.54) is 20.8 Å². The topological polar surface area (TPSA) is 352 Å². The van der Waals surface area contributed by atoms with Gasteiger partial charge in [0.25, 0.3) is 0 Å². The van der Waals surface area contributed by atoms with Gasteiger partial charge in [-0.05, 0) is 137 Å². The second kappa shape index (κ2) is 38.9. The predicted molar refractivity (Wildman–Crippen MR) is 264 cm³/mol. The van der Waals surface area contributed by atoms with Crippen LogP contribution in [0.4, 0.5) is 0 Å². The van der Waals surface area contributed by atoms with E-state index in [-0.39, 0.29) is 37.0 Å². The van der Waals surface area contributed by atoms with Gasteiger partial charge in [-0.3, -0.25) is 49.7 Å². The molecule has 9 amide bonds. The van der Waals surface area contributed by atoms with Gasteiger partial charge < -0.3 is 70.4 Å². The Hall–Kier alpha value is -4.93. The summed E-state index contributed by atoms with van der Waals surface area (Å²) in [5, 5.41) is 27.8. The molecule has 0 bridgehead atoms. The van der Waals surface area contributed by atoms with Gasteiger partial charge in [0, 0.05) is 38.9 Å². The number of carbonyl (C=O) groups is 9. The molecule has 22 nitrogen and oxygen atoms in total. The number of amides is 9. The first-order chi connectivity index (χ1) is 33.1. The third kappa shape index (κ3) is 30.3. The molecule has 16 N–H and O–H groups in total. The molecule has 0 aliphatic carbocycles. The highest BCUT2D eigenvalue weighted by atomic mass is 16.2. The van der Waals surface area contributed by atoms with Crippen LogP contribution in [0.3, 0.4) is 0 Å². The summed E-state index contributed by atoms with van der Waals surface area (Å²) in [5.74, 6) is -4.35. The van der Waals surface area contributed by atoms with E-state index in [0.29, 0.717) is 97.1 Å². The molecule has 0 aromatic rings. The number of hydrogen-bond donors (Lipinski definition) is 13. The summed E-state index contributed by atoms with van der Waals surface area (Å²) in [6.45, 7) is 9.46. The SMILES string of the molecule is C[C@H]1NC(=O)[C@H](CCCCNC(=O)CCCCCN)NC(=O)[C@@H](C)NC(=O)[C@H](CCCCNC(=O)CCCCCN)NC(=O)[C@@H](C)NC(=O)[C@H](CCCCNC(=O)CCCCCNC[CH-]N)NC1=O. The zero-order valence-corrected chi connectivity index (χ0v) is 41.7. The maximum atomic E-state index is 13.8. The summed E-state index contributed by atoms with van der Waals surface area (Å²) >= 11 is 0. The first-order valence-corrected chi connectivity index (χ1v) is 25.4. The highest BCUT2D eigenvalue weighted by Gasteiger charge is 2.32. The van der Waals surface area contributed by atoms with Gasteiger partial charge in [0.1, 0.15) is 36.3 Å². The van der Waals surface area contributed by atoms with E-state index in [1.54, 1.807) is 6.54 Å². The summed E-state index contributed by atoms with van der Waals surface area (Å²) in [6, 6.07) is -6.91. The Morgan fingerprint density at radius 1 is 0.420 bits per heavy atom. The average molecular weight is 979 g/mol. The van der Waals surface area contributed by atoms with Gasteiger partial charge in [-0.25, -0.2) is 0 Å². The molecule has 1 saturated heterocycles. The Labute approximate surface area is 409 Å². The average Bonchev–Trinajstić information content (AvgIpc) is 3.31. The molecular formula is C47H88N13O9-. The molecule has 0 spiro atoms. The van der Waals surface area contributed by atoms with Crippen molar-refractivity contribution in [3.8, 4) is 0 Å². The fraction of sp³-hybridized carbons (Fsp3) is 0.787. The number of rotatable bonds is 33. The summed E-state index contributed by atoms with van der Waals surface area (Å²) in [5.41, 5.74) is 16.4. The lowest BCUT2D eigenvalue weighted by atomic mass is 10.1. The Bertz CT molecular complexity index is 1520. The largest absolute Gasteiger partial charge is 0.482 e. The minimum Gasteiger partial charge on any atom is -0.482 e. The van der Waals surface area contributed by atoms with Crippen molar-refractivity contribution in [2.24, 2.45) is 17.2 Å². The number of carbonyl (C=O) groups excluding carboxylic acids is 9. The van der Waals surface area contributed by atoms with E-state index in [2.05, 4.69) is 53.2 Å². The van der Waals surface area contributed by atoms with Crippen molar-refractivity contribution in [2.45, 2.75) is 192 Å². The van der Waals surface area contributed by atoms with Gasteiger partial charge in [-0.1, -0.05) is 19.3 Å². The molecule has 6 atom stereocenters. The number of hydrogen-bond acceptors (Lipinski definition) is 13. The van der Waals surface area contributed by atoms with Crippen molar-refractivity contribution in [1.82, 2.24) is 53.2 Å². The van der Waals surface area contributed by atoms with E-state index in [1.807, 2.05) is 0 Å². The lowest BCUT2D eigenvalue weighted by Crippen LogP contribution is -2.60. The van der Waals surface area contributed by atoms with Crippen LogP contribution in [0, 0.1) is 6.54 Å². The molecule has 1 rings (SSSR count). The van der Waals surface area contributed by atoms with Crippen molar-refractivity contribution in [3.05, 3.63) is 6.54 Å². The van der Waals surface area contributed by atoms with Gasteiger partial charge in [-0.2, -0.15) is 0 Å². The quantitative estimate of drug-likeness (QED) is 0.0282. The van der Waals surface area contributed by atoms with Crippen LogP contribution in [-0.4, -0.2) is 135 Å². The molecule has 1 fully saturated rings. The lowest BCUT2D eigenvalue weighted by molar-refractivity contribution is -0.136. The summed E-state index contributed by atoms with van der Waals surface area (Å²) in [6.07, 6.45) is 11.6. The van der Waals surface area contributed by atoms with Crippen LogP contribution in [0.1, 0.15) is 156 Å². The first-order valence-electron chi connectivity index (χ1n) is 25.4. The van der Waals surface area contributed by atoms with E-state index in [9.17, 15) is 43.2 Å². The Balaban J connectivity index is 3.17. The molecule has 1 heterocycles. The molecule has 1 aliphatic heterocycles. The van der Waals surface area contributed by atoms with E-state index in [0.717, 1.165) is 64.3 Å². The molecule has 1 aliphatic rings. The van der Waals surface area contributed by atoms with E-state index >= 15 is 0 Å². The minimum atomic E-state index is -1.16. The molecule has 22 heteroatoms. The van der Waals surface area contributed by atoms with E-state index < -0.39 is 71.7 Å². The lowest BCUT2D eigenvalue weighted by Gasteiger charge is -2.27. The molecular weight excluding hydrogens is 891 g/mol. The van der Waals surface area contributed by atoms with Crippen molar-refractivity contribution >= 4 is 53.2 Å². The first kappa shape index (κ1) is 62.1. The molecule has 0 aromatic heterocycles. The molecule has 0 saturated carbocycles. The van der Waals surface area contributed by atoms with E-state index in [4.69, 9.17) is 17.2 Å². The standard InChI is InChI=1S/C47H88N13O9/c1-33-42(64)58-37(20-11-17-30-53-40(62)23-8-5-14-26-49)46(68)56-35(3)44(66)60-38(21-12-18-31-54-41(63)24-9-6-15-28-51-32-27-50)47(69)57-34(2)43(65)59-36(45(67)55-33)19-10-16-29-52-39(61)22-7-4-13-25-48/h27,33-38,51H,4-26,28-32,48-50H2,1-3H3,(H,52,61)(H,53,62)(H,54,63)(H,55,67)(H,56,68)(H,57,69)(H,58,64)(H,59,65)(H,60,66)/q-1/t33-,34-,35-,36+,37+,38+/m1/s1. The Morgan fingerprint density at radius 3 is 1.03 bits per heavy atom. The summed E-state index contributed by atoms with van der Waals surface area (Å²) in [4.78, 5) is 119. The molecule has 0 aromatic carbocycles. The zero-order chi connectivity index (χ0) is 51.2. The third-order valence-corrected chi connectivity index (χ3v) is 11.6. The van der Waals surface area contributed by atoms with Crippen molar-refractivity contribution < 1.29 is 43.2 Å². The second-order valence-corrected chi connectivity index (χ2v) is 17.9. The number of nitrogens with one attached hydrogen (secondary N) is 10. The fourth-order valence-electron chi connectivity index (χ4n) is 7.32. The van der Waals surface area contributed by atoms with Gasteiger partial charge >= 0.3 is 0 Å².